The van der Waals surface area contributed by atoms with Gasteiger partial charge in [0.05, 0.1) is 6.10 Å². The number of hydrogen-bond donors (Lipinski definition) is 1. The van der Waals surface area contributed by atoms with Gasteiger partial charge in [-0.15, -0.1) is 0 Å². The maximum absolute atomic E-state index is 9.17. The SMILES string of the molecule is CCCCCCCCCCC(C)=CC(C)O. The summed E-state index contributed by atoms with van der Waals surface area (Å²) in [5.74, 6) is 0. The molecule has 0 radical (unpaired) electrons. The minimum Gasteiger partial charge on any atom is -0.389 e. The molecule has 0 heterocycles. The summed E-state index contributed by atoms with van der Waals surface area (Å²) in [7, 11) is 0. The summed E-state index contributed by atoms with van der Waals surface area (Å²) in [6, 6.07) is 0. The van der Waals surface area contributed by atoms with E-state index in [0.717, 1.165) is 6.42 Å². The number of unbranched alkanes of at least 4 members (excludes halogenated alkanes) is 7. The molecule has 0 amide bonds. The lowest BCUT2D eigenvalue weighted by Gasteiger charge is -2.04. The van der Waals surface area contributed by atoms with Crippen LogP contribution < -0.4 is 0 Å². The topological polar surface area (TPSA) is 20.2 Å². The third kappa shape index (κ3) is 11.8. The monoisotopic (exact) mass is 226 g/mol. The highest BCUT2D eigenvalue weighted by Gasteiger charge is 1.95. The number of aliphatic hydroxyl groups excluding tert-OH is 1. The van der Waals surface area contributed by atoms with Gasteiger partial charge in [0.25, 0.3) is 0 Å². The van der Waals surface area contributed by atoms with E-state index in [0.29, 0.717) is 0 Å². The average Bonchev–Trinajstić information content (AvgIpc) is 2.21. The van der Waals surface area contributed by atoms with Gasteiger partial charge in [0.1, 0.15) is 0 Å². The molecule has 0 saturated carbocycles. The fraction of sp³-hybridized carbons (Fsp3) is 0.867. The van der Waals surface area contributed by atoms with Crippen LogP contribution in [-0.4, -0.2) is 11.2 Å². The first-order valence-corrected chi connectivity index (χ1v) is 7.02. The Labute approximate surface area is 102 Å². The molecule has 0 aliphatic heterocycles. The molecule has 0 spiro atoms. The van der Waals surface area contributed by atoms with Crippen molar-refractivity contribution in [2.45, 2.75) is 84.7 Å². The van der Waals surface area contributed by atoms with E-state index in [1.807, 2.05) is 13.0 Å². The minimum absolute atomic E-state index is 0.283. The molecule has 1 nitrogen and oxygen atoms in total. The van der Waals surface area contributed by atoms with Gasteiger partial charge in [-0.2, -0.15) is 0 Å². The zero-order chi connectivity index (χ0) is 12.2. The zero-order valence-electron chi connectivity index (χ0n) is 11.5. The van der Waals surface area contributed by atoms with Gasteiger partial charge in [0, 0.05) is 0 Å². The van der Waals surface area contributed by atoms with Gasteiger partial charge in [0.15, 0.2) is 0 Å². The highest BCUT2D eigenvalue weighted by atomic mass is 16.3. The fourth-order valence-electron chi connectivity index (χ4n) is 2.03. The first kappa shape index (κ1) is 15.7. The van der Waals surface area contributed by atoms with Crippen LogP contribution in [0.5, 0.6) is 0 Å². The molecular weight excluding hydrogens is 196 g/mol. The van der Waals surface area contributed by atoms with Crippen molar-refractivity contribution in [3.63, 3.8) is 0 Å². The molecule has 0 aromatic carbocycles. The van der Waals surface area contributed by atoms with Crippen molar-refractivity contribution >= 4 is 0 Å². The van der Waals surface area contributed by atoms with Gasteiger partial charge >= 0.3 is 0 Å². The number of allylic oxidation sites excluding steroid dienone is 1. The Morgan fingerprint density at radius 1 is 1.00 bits per heavy atom. The molecule has 1 heteroatoms. The van der Waals surface area contributed by atoms with Crippen LogP contribution in [0.2, 0.25) is 0 Å². The second kappa shape index (κ2) is 11.2. The molecule has 1 unspecified atom stereocenters. The summed E-state index contributed by atoms with van der Waals surface area (Å²) in [6.45, 7) is 6.20. The number of hydrogen-bond acceptors (Lipinski definition) is 1. The van der Waals surface area contributed by atoms with Crippen molar-refractivity contribution in [2.75, 3.05) is 0 Å². The molecule has 1 N–H and O–H groups in total. The quantitative estimate of drug-likeness (QED) is 0.417. The summed E-state index contributed by atoms with van der Waals surface area (Å²) in [4.78, 5) is 0. The molecule has 0 aromatic rings. The lowest BCUT2D eigenvalue weighted by molar-refractivity contribution is 0.243. The highest BCUT2D eigenvalue weighted by Crippen LogP contribution is 2.12. The van der Waals surface area contributed by atoms with E-state index in [-0.39, 0.29) is 6.10 Å². The predicted octanol–water partition coefficient (Wildman–Crippen LogP) is 4.84. The fourth-order valence-corrected chi connectivity index (χ4v) is 2.03. The predicted molar refractivity (Wildman–Crippen MR) is 72.7 cm³/mol. The average molecular weight is 226 g/mol. The van der Waals surface area contributed by atoms with Crippen LogP contribution in [0, 0.1) is 0 Å². The number of aliphatic hydroxyl groups is 1. The third-order valence-corrected chi connectivity index (χ3v) is 2.95. The Bertz CT molecular complexity index is 170. The first-order valence-electron chi connectivity index (χ1n) is 7.02. The molecule has 1 atom stereocenters. The molecule has 0 rings (SSSR count). The molecular formula is C15H30O. The zero-order valence-corrected chi connectivity index (χ0v) is 11.5. The lowest BCUT2D eigenvalue weighted by atomic mass is 10.0. The maximum Gasteiger partial charge on any atom is 0.0695 e. The van der Waals surface area contributed by atoms with Crippen molar-refractivity contribution in [1.29, 1.82) is 0 Å². The van der Waals surface area contributed by atoms with Gasteiger partial charge < -0.3 is 5.11 Å². The van der Waals surface area contributed by atoms with Crippen LogP contribution in [0.4, 0.5) is 0 Å². The summed E-state index contributed by atoms with van der Waals surface area (Å²) in [5.41, 5.74) is 1.33. The smallest absolute Gasteiger partial charge is 0.0695 e. The van der Waals surface area contributed by atoms with Crippen molar-refractivity contribution in [3.8, 4) is 0 Å². The van der Waals surface area contributed by atoms with Gasteiger partial charge in [0.2, 0.25) is 0 Å². The Balaban J connectivity index is 3.21. The molecule has 16 heavy (non-hydrogen) atoms. The summed E-state index contributed by atoms with van der Waals surface area (Å²) >= 11 is 0. The Hall–Kier alpha value is -0.300. The molecule has 0 fully saturated rings. The Morgan fingerprint density at radius 2 is 1.50 bits per heavy atom. The number of rotatable bonds is 10. The molecule has 0 bridgehead atoms. The van der Waals surface area contributed by atoms with Gasteiger partial charge in [-0.1, -0.05) is 63.5 Å². The van der Waals surface area contributed by atoms with Crippen molar-refractivity contribution < 1.29 is 5.11 Å². The van der Waals surface area contributed by atoms with E-state index in [1.165, 1.54) is 56.9 Å². The lowest BCUT2D eigenvalue weighted by Crippen LogP contribution is -1.94. The van der Waals surface area contributed by atoms with Crippen molar-refractivity contribution in [2.24, 2.45) is 0 Å². The van der Waals surface area contributed by atoms with E-state index in [2.05, 4.69) is 13.8 Å². The molecule has 0 aliphatic rings. The van der Waals surface area contributed by atoms with Crippen LogP contribution >= 0.6 is 0 Å². The van der Waals surface area contributed by atoms with E-state index in [1.54, 1.807) is 0 Å². The van der Waals surface area contributed by atoms with Crippen LogP contribution in [-0.2, 0) is 0 Å². The van der Waals surface area contributed by atoms with Gasteiger partial charge in [-0.3, -0.25) is 0 Å². The highest BCUT2D eigenvalue weighted by molar-refractivity contribution is 5.00. The van der Waals surface area contributed by atoms with Crippen LogP contribution in [0.1, 0.15) is 78.6 Å². The van der Waals surface area contributed by atoms with E-state index >= 15 is 0 Å². The van der Waals surface area contributed by atoms with E-state index in [9.17, 15) is 0 Å². The van der Waals surface area contributed by atoms with Gasteiger partial charge in [-0.05, 0) is 26.7 Å². The second-order valence-corrected chi connectivity index (χ2v) is 4.98. The largest absolute Gasteiger partial charge is 0.389 e. The third-order valence-electron chi connectivity index (χ3n) is 2.95. The van der Waals surface area contributed by atoms with Crippen LogP contribution in [0.3, 0.4) is 0 Å². The summed E-state index contributed by atoms with van der Waals surface area (Å²) < 4.78 is 0. The normalized spacial score (nSPS) is 14.1. The van der Waals surface area contributed by atoms with Crippen LogP contribution in [0.15, 0.2) is 11.6 Å². The van der Waals surface area contributed by atoms with E-state index in [4.69, 9.17) is 5.11 Å². The van der Waals surface area contributed by atoms with Gasteiger partial charge in [-0.25, -0.2) is 0 Å². The van der Waals surface area contributed by atoms with Crippen molar-refractivity contribution in [3.05, 3.63) is 11.6 Å². The molecule has 0 saturated heterocycles. The van der Waals surface area contributed by atoms with Crippen LogP contribution in [0.25, 0.3) is 0 Å². The summed E-state index contributed by atoms with van der Waals surface area (Å²) in [5, 5.41) is 9.17. The Kier molecular flexibility index (Phi) is 11.0. The Morgan fingerprint density at radius 3 is 2.00 bits per heavy atom. The molecule has 0 aromatic heterocycles. The molecule has 0 aliphatic carbocycles. The van der Waals surface area contributed by atoms with E-state index < -0.39 is 0 Å². The second-order valence-electron chi connectivity index (χ2n) is 4.98. The molecule has 96 valence electrons. The summed E-state index contributed by atoms with van der Waals surface area (Å²) in [6.07, 6.45) is 13.8. The van der Waals surface area contributed by atoms with Crippen molar-refractivity contribution in [1.82, 2.24) is 0 Å². The maximum atomic E-state index is 9.17. The standard InChI is InChI=1S/C15H30O/c1-4-5-6-7-8-9-10-11-12-14(2)13-15(3)16/h13,15-16H,4-12H2,1-3H3. The minimum atomic E-state index is -0.283. The first-order chi connectivity index (χ1) is 7.66.